The van der Waals surface area contributed by atoms with Crippen LogP contribution in [0.2, 0.25) is 5.02 Å². The van der Waals surface area contributed by atoms with Crippen molar-refractivity contribution in [3.05, 3.63) is 51.1 Å². The monoisotopic (exact) mass is 389 g/mol. The van der Waals surface area contributed by atoms with Crippen LogP contribution in [0.15, 0.2) is 24.3 Å². The average Bonchev–Trinajstić information content (AvgIpc) is 2.91. The average molecular weight is 390 g/mol. The number of benzene rings is 1. The van der Waals surface area contributed by atoms with Crippen molar-refractivity contribution in [2.45, 2.75) is 27.3 Å². The number of halogens is 1. The fraction of sp³-hybridized carbons (Fsp3) is 0.316. The number of ether oxygens (including phenoxy) is 1. The van der Waals surface area contributed by atoms with E-state index in [1.807, 2.05) is 45.2 Å². The van der Waals surface area contributed by atoms with Crippen molar-refractivity contribution in [2.24, 2.45) is 0 Å². The Morgan fingerprint density at radius 1 is 1.31 bits per heavy atom. The van der Waals surface area contributed by atoms with Crippen LogP contribution in [0.5, 0.6) is 0 Å². The number of carbonyl (C=O) groups excluding carboxylic acids is 1. The molecule has 3 aromatic rings. The van der Waals surface area contributed by atoms with Crippen LogP contribution in [0.25, 0.3) is 10.2 Å². The highest BCUT2D eigenvalue weighted by Crippen LogP contribution is 2.36. The second-order valence-electron chi connectivity index (χ2n) is 6.04. The number of fused-ring (bicyclic) bond motifs is 1. The Hall–Kier alpha value is -2.18. The lowest BCUT2D eigenvalue weighted by atomic mass is 10.1. The Kier molecular flexibility index (Phi) is 5.44. The Morgan fingerprint density at radius 2 is 2.08 bits per heavy atom. The number of carbonyl (C=O) groups is 1. The summed E-state index contributed by atoms with van der Waals surface area (Å²) < 4.78 is 5.17. The molecule has 0 fully saturated rings. The summed E-state index contributed by atoms with van der Waals surface area (Å²) in [7, 11) is 1.98. The molecule has 0 saturated carbocycles. The van der Waals surface area contributed by atoms with Crippen LogP contribution in [-0.4, -0.2) is 29.6 Å². The lowest BCUT2D eigenvalue weighted by Gasteiger charge is -2.20. The highest BCUT2D eigenvalue weighted by Gasteiger charge is 2.22. The molecule has 0 aliphatic carbocycles. The molecule has 0 bridgehead atoms. The van der Waals surface area contributed by atoms with Crippen LogP contribution in [0.3, 0.4) is 0 Å². The lowest BCUT2D eigenvalue weighted by Crippen LogP contribution is -2.18. The van der Waals surface area contributed by atoms with E-state index in [0.29, 0.717) is 28.9 Å². The third kappa shape index (κ3) is 3.66. The molecule has 5 nitrogen and oxygen atoms in total. The van der Waals surface area contributed by atoms with E-state index in [9.17, 15) is 4.79 Å². The topological polar surface area (TPSA) is 55.3 Å². The molecule has 0 N–H and O–H groups in total. The van der Waals surface area contributed by atoms with Crippen LogP contribution in [0.4, 0.5) is 5.82 Å². The van der Waals surface area contributed by atoms with Crippen molar-refractivity contribution >= 4 is 44.9 Å². The minimum absolute atomic E-state index is 0.311. The van der Waals surface area contributed by atoms with Gasteiger partial charge in [-0.25, -0.2) is 14.8 Å². The zero-order valence-corrected chi connectivity index (χ0v) is 16.7. The van der Waals surface area contributed by atoms with Gasteiger partial charge in [0.2, 0.25) is 0 Å². The first kappa shape index (κ1) is 18.6. The second kappa shape index (κ2) is 7.60. The highest BCUT2D eigenvalue weighted by molar-refractivity contribution is 7.20. The SMILES string of the molecule is CCOC(=O)c1sc2nc(C)nc(N(C)Cc3cccc(Cl)c3)c2c1C. The van der Waals surface area contributed by atoms with E-state index in [4.69, 9.17) is 16.3 Å². The number of anilines is 1. The summed E-state index contributed by atoms with van der Waals surface area (Å²) in [6.07, 6.45) is 0. The zero-order chi connectivity index (χ0) is 18.8. The second-order valence-corrected chi connectivity index (χ2v) is 7.47. The van der Waals surface area contributed by atoms with E-state index < -0.39 is 0 Å². The summed E-state index contributed by atoms with van der Waals surface area (Å²) in [4.78, 5) is 24.8. The van der Waals surface area contributed by atoms with Gasteiger partial charge < -0.3 is 9.64 Å². The number of rotatable bonds is 5. The fourth-order valence-electron chi connectivity index (χ4n) is 2.87. The highest BCUT2D eigenvalue weighted by atomic mass is 35.5. The first-order valence-electron chi connectivity index (χ1n) is 8.31. The van der Waals surface area contributed by atoms with Crippen molar-refractivity contribution in [2.75, 3.05) is 18.6 Å². The molecule has 7 heteroatoms. The summed E-state index contributed by atoms with van der Waals surface area (Å²) in [5, 5.41) is 1.60. The fourth-order valence-corrected chi connectivity index (χ4v) is 4.20. The smallest absolute Gasteiger partial charge is 0.348 e. The largest absolute Gasteiger partial charge is 0.462 e. The molecular formula is C19H20ClN3O2S. The number of nitrogens with zero attached hydrogens (tertiary/aromatic N) is 3. The summed E-state index contributed by atoms with van der Waals surface area (Å²) in [6.45, 7) is 6.57. The molecule has 0 aliphatic rings. The number of aryl methyl sites for hydroxylation is 2. The van der Waals surface area contributed by atoms with Crippen LogP contribution in [0.1, 0.15) is 33.5 Å². The molecule has 0 spiro atoms. The predicted molar refractivity (Wildman–Crippen MR) is 106 cm³/mol. The molecule has 0 radical (unpaired) electrons. The van der Waals surface area contributed by atoms with Gasteiger partial charge in [-0.2, -0.15) is 0 Å². The third-order valence-corrected chi connectivity index (χ3v) is 5.41. The number of esters is 1. The first-order chi connectivity index (χ1) is 12.4. The third-order valence-electron chi connectivity index (χ3n) is 4.01. The molecule has 0 atom stereocenters. The van der Waals surface area contributed by atoms with E-state index in [-0.39, 0.29) is 5.97 Å². The van der Waals surface area contributed by atoms with Crippen molar-refractivity contribution in [1.82, 2.24) is 9.97 Å². The Balaban J connectivity index is 2.05. The standard InChI is InChI=1S/C19H20ClN3O2S/c1-5-25-19(24)16-11(2)15-17(21-12(3)22-18(15)26-16)23(4)10-13-7-6-8-14(20)9-13/h6-9H,5,10H2,1-4H3. The van der Waals surface area contributed by atoms with E-state index in [1.54, 1.807) is 6.92 Å². The Labute approximate surface area is 161 Å². The van der Waals surface area contributed by atoms with Crippen molar-refractivity contribution in [1.29, 1.82) is 0 Å². The first-order valence-corrected chi connectivity index (χ1v) is 9.50. The van der Waals surface area contributed by atoms with Crippen LogP contribution in [-0.2, 0) is 11.3 Å². The number of hydrogen-bond acceptors (Lipinski definition) is 6. The van der Waals surface area contributed by atoms with Gasteiger partial charge in [-0.3, -0.25) is 0 Å². The van der Waals surface area contributed by atoms with Gasteiger partial charge in [-0.05, 0) is 44.0 Å². The molecule has 2 aromatic heterocycles. The van der Waals surface area contributed by atoms with Gasteiger partial charge in [-0.1, -0.05) is 23.7 Å². The predicted octanol–water partition coefficient (Wildman–Crippen LogP) is 4.77. The number of thiophene rings is 1. The summed E-state index contributed by atoms with van der Waals surface area (Å²) >= 11 is 7.45. The Bertz CT molecular complexity index is 971. The minimum Gasteiger partial charge on any atom is -0.462 e. The van der Waals surface area contributed by atoms with E-state index in [2.05, 4.69) is 14.9 Å². The van der Waals surface area contributed by atoms with Gasteiger partial charge >= 0.3 is 5.97 Å². The number of hydrogen-bond donors (Lipinski definition) is 0. The molecular weight excluding hydrogens is 370 g/mol. The summed E-state index contributed by atoms with van der Waals surface area (Å²) in [5.74, 6) is 1.16. The van der Waals surface area contributed by atoms with Gasteiger partial charge in [0.25, 0.3) is 0 Å². The van der Waals surface area contributed by atoms with Gasteiger partial charge in [-0.15, -0.1) is 11.3 Å². The zero-order valence-electron chi connectivity index (χ0n) is 15.2. The maximum atomic E-state index is 12.2. The normalized spacial score (nSPS) is 11.0. The molecule has 26 heavy (non-hydrogen) atoms. The maximum Gasteiger partial charge on any atom is 0.348 e. The molecule has 0 saturated heterocycles. The molecule has 136 valence electrons. The summed E-state index contributed by atoms with van der Waals surface area (Å²) in [6, 6.07) is 7.75. The maximum absolute atomic E-state index is 12.2. The van der Waals surface area contributed by atoms with Crippen LogP contribution in [0, 0.1) is 13.8 Å². The number of aromatic nitrogens is 2. The van der Waals surface area contributed by atoms with Gasteiger partial charge in [0, 0.05) is 18.6 Å². The molecule has 0 aliphatic heterocycles. The van der Waals surface area contributed by atoms with Crippen molar-refractivity contribution in [3.63, 3.8) is 0 Å². The van der Waals surface area contributed by atoms with Gasteiger partial charge in [0.05, 0.1) is 12.0 Å². The van der Waals surface area contributed by atoms with Crippen molar-refractivity contribution in [3.8, 4) is 0 Å². The Morgan fingerprint density at radius 3 is 2.77 bits per heavy atom. The van der Waals surface area contributed by atoms with Crippen LogP contribution >= 0.6 is 22.9 Å². The molecule has 0 unspecified atom stereocenters. The van der Waals surface area contributed by atoms with E-state index >= 15 is 0 Å². The summed E-state index contributed by atoms with van der Waals surface area (Å²) in [5.41, 5.74) is 1.94. The lowest BCUT2D eigenvalue weighted by molar-refractivity contribution is 0.0531. The molecule has 2 heterocycles. The van der Waals surface area contributed by atoms with Crippen molar-refractivity contribution < 1.29 is 9.53 Å². The van der Waals surface area contributed by atoms with Gasteiger partial charge in [0.15, 0.2) is 0 Å². The van der Waals surface area contributed by atoms with E-state index in [1.165, 1.54) is 11.3 Å². The molecule has 3 rings (SSSR count). The quantitative estimate of drug-likeness (QED) is 0.588. The van der Waals surface area contributed by atoms with Gasteiger partial charge in [0.1, 0.15) is 21.3 Å². The molecule has 0 amide bonds. The minimum atomic E-state index is -0.311. The van der Waals surface area contributed by atoms with E-state index in [0.717, 1.165) is 27.2 Å². The molecule has 1 aromatic carbocycles. The van der Waals surface area contributed by atoms with Crippen LogP contribution < -0.4 is 4.90 Å².